The molecule has 0 N–H and O–H groups in total. The highest BCUT2D eigenvalue weighted by Gasteiger charge is 2.27. The van der Waals surface area contributed by atoms with E-state index in [1.807, 2.05) is 17.5 Å². The summed E-state index contributed by atoms with van der Waals surface area (Å²) in [6.07, 6.45) is 1.58. The smallest absolute Gasteiger partial charge is 0.265 e. The Morgan fingerprint density at radius 2 is 1.68 bits per heavy atom. The van der Waals surface area contributed by atoms with Crippen LogP contribution >= 0.6 is 22.7 Å². The maximum Gasteiger partial charge on any atom is 0.265 e. The number of amides is 2. The molecule has 3 aromatic rings. The van der Waals surface area contributed by atoms with Crippen molar-refractivity contribution in [2.75, 3.05) is 26.2 Å². The molecule has 1 saturated heterocycles. The minimum Gasteiger partial charge on any atom is -0.335 e. The number of piperazine rings is 1. The molecule has 2 aromatic heterocycles. The summed E-state index contributed by atoms with van der Waals surface area (Å²) < 4.78 is 26.4. The minimum atomic E-state index is -1.05. The van der Waals surface area contributed by atoms with Gasteiger partial charge < -0.3 is 9.80 Å². The maximum absolute atomic E-state index is 13.4. The van der Waals surface area contributed by atoms with E-state index in [4.69, 9.17) is 0 Å². The molecule has 0 saturated carbocycles. The van der Waals surface area contributed by atoms with Crippen LogP contribution in [0.1, 0.15) is 20.0 Å². The summed E-state index contributed by atoms with van der Waals surface area (Å²) in [5.74, 6) is -2.52. The number of thiophene rings is 1. The average molecular weight is 419 g/mol. The Morgan fingerprint density at radius 1 is 0.964 bits per heavy atom. The van der Waals surface area contributed by atoms with E-state index in [0.29, 0.717) is 31.1 Å². The molecule has 0 spiro atoms. The van der Waals surface area contributed by atoms with Gasteiger partial charge in [0.2, 0.25) is 0 Å². The normalized spacial score (nSPS) is 14.4. The van der Waals surface area contributed by atoms with Gasteiger partial charge in [0, 0.05) is 31.7 Å². The molecule has 144 valence electrons. The second-order valence-electron chi connectivity index (χ2n) is 6.22. The van der Waals surface area contributed by atoms with Crippen LogP contribution in [0.4, 0.5) is 8.78 Å². The number of hydrogen-bond acceptors (Lipinski definition) is 5. The molecule has 9 heteroatoms. The topological polar surface area (TPSA) is 53.5 Å². The van der Waals surface area contributed by atoms with Crippen LogP contribution in [0.3, 0.4) is 0 Å². The van der Waals surface area contributed by atoms with Crippen LogP contribution in [0.15, 0.2) is 41.9 Å². The Hall–Kier alpha value is -2.65. The summed E-state index contributed by atoms with van der Waals surface area (Å²) in [7, 11) is 0. The second-order valence-corrected chi connectivity index (χ2v) is 8.20. The van der Waals surface area contributed by atoms with Crippen LogP contribution in [0.5, 0.6) is 0 Å². The lowest BCUT2D eigenvalue weighted by molar-refractivity contribution is 0.0537. The number of hydrogen-bond donors (Lipinski definition) is 0. The highest BCUT2D eigenvalue weighted by atomic mass is 32.1. The molecule has 1 aliphatic rings. The van der Waals surface area contributed by atoms with Gasteiger partial charge in [-0.25, -0.2) is 13.8 Å². The van der Waals surface area contributed by atoms with Gasteiger partial charge in [-0.05, 0) is 29.6 Å². The summed E-state index contributed by atoms with van der Waals surface area (Å²) in [5.41, 5.74) is 0.0988. The van der Waals surface area contributed by atoms with E-state index >= 15 is 0 Å². The molecule has 3 heterocycles. The summed E-state index contributed by atoms with van der Waals surface area (Å²) in [5, 5.41) is 2.77. The monoisotopic (exact) mass is 419 g/mol. The third-order valence-corrected chi connectivity index (χ3v) is 6.49. The van der Waals surface area contributed by atoms with E-state index in [-0.39, 0.29) is 17.4 Å². The molecule has 2 amide bonds. The highest BCUT2D eigenvalue weighted by molar-refractivity contribution is 7.21. The quantitative estimate of drug-likeness (QED) is 0.650. The van der Waals surface area contributed by atoms with Gasteiger partial charge in [0.1, 0.15) is 9.88 Å². The largest absolute Gasteiger partial charge is 0.335 e. The van der Waals surface area contributed by atoms with Crippen LogP contribution in [0, 0.1) is 11.6 Å². The Morgan fingerprint density at radius 3 is 2.32 bits per heavy atom. The van der Waals surface area contributed by atoms with Crippen molar-refractivity contribution in [3.8, 4) is 9.88 Å². The van der Waals surface area contributed by atoms with Gasteiger partial charge in [-0.15, -0.1) is 22.7 Å². The first-order valence-corrected chi connectivity index (χ1v) is 10.3. The molecular formula is C19H15F2N3O2S2. The first-order valence-electron chi connectivity index (χ1n) is 8.56. The van der Waals surface area contributed by atoms with Crippen molar-refractivity contribution < 1.29 is 18.4 Å². The van der Waals surface area contributed by atoms with E-state index < -0.39 is 11.6 Å². The summed E-state index contributed by atoms with van der Waals surface area (Å²) in [4.78, 5) is 34.3. The molecule has 0 bridgehead atoms. The molecule has 5 nitrogen and oxygen atoms in total. The first-order chi connectivity index (χ1) is 13.5. The lowest BCUT2D eigenvalue weighted by Crippen LogP contribution is -2.50. The number of rotatable bonds is 3. The maximum atomic E-state index is 13.4. The number of thiazole rings is 1. The lowest BCUT2D eigenvalue weighted by Gasteiger charge is -2.34. The van der Waals surface area contributed by atoms with Gasteiger partial charge in [0.05, 0.1) is 11.1 Å². The number of aromatic nitrogens is 1. The van der Waals surface area contributed by atoms with Gasteiger partial charge in [-0.3, -0.25) is 9.59 Å². The van der Waals surface area contributed by atoms with Crippen LogP contribution in [-0.2, 0) is 0 Å². The third kappa shape index (κ3) is 3.67. The molecule has 0 aliphatic carbocycles. The SMILES string of the molecule is O=C(c1ccc(F)c(F)c1)N1CCN(C(=O)c2cnc(-c3cccs3)s2)CC1. The Balaban J connectivity index is 1.39. The fraction of sp³-hybridized carbons (Fsp3) is 0.211. The average Bonchev–Trinajstić information content (AvgIpc) is 3.41. The molecule has 0 radical (unpaired) electrons. The fourth-order valence-corrected chi connectivity index (χ4v) is 4.66. The number of carbonyl (C=O) groups excluding carboxylic acids is 2. The second kappa shape index (κ2) is 7.76. The Kier molecular flexibility index (Phi) is 5.19. The molecular weight excluding hydrogens is 404 g/mol. The van der Waals surface area contributed by atoms with Crippen LogP contribution in [-0.4, -0.2) is 52.8 Å². The highest BCUT2D eigenvalue weighted by Crippen LogP contribution is 2.29. The van der Waals surface area contributed by atoms with E-state index in [9.17, 15) is 18.4 Å². The number of nitrogens with zero attached hydrogens (tertiary/aromatic N) is 3. The molecule has 0 atom stereocenters. The zero-order valence-corrected chi connectivity index (χ0v) is 16.2. The van der Waals surface area contributed by atoms with Gasteiger partial charge >= 0.3 is 0 Å². The van der Waals surface area contributed by atoms with E-state index in [2.05, 4.69) is 4.98 Å². The zero-order chi connectivity index (χ0) is 19.7. The summed E-state index contributed by atoms with van der Waals surface area (Å²) in [6, 6.07) is 7.00. The van der Waals surface area contributed by atoms with Gasteiger partial charge in [-0.1, -0.05) is 6.07 Å². The first kappa shape index (κ1) is 18.7. The number of carbonyl (C=O) groups is 2. The van der Waals surface area contributed by atoms with E-state index in [0.717, 1.165) is 22.0 Å². The van der Waals surface area contributed by atoms with Crippen molar-refractivity contribution in [2.24, 2.45) is 0 Å². The number of benzene rings is 1. The van der Waals surface area contributed by atoms with Crippen LogP contribution in [0.2, 0.25) is 0 Å². The fourth-order valence-electron chi connectivity index (χ4n) is 2.97. The molecule has 1 fully saturated rings. The molecule has 1 aromatic carbocycles. The standard InChI is InChI=1S/C19H15F2N3O2S2/c20-13-4-3-12(10-14(13)21)18(25)23-5-7-24(8-6-23)19(26)16-11-22-17(28-16)15-2-1-9-27-15/h1-4,9-11H,5-8H2. The van der Waals surface area contributed by atoms with Crippen molar-refractivity contribution in [2.45, 2.75) is 0 Å². The molecule has 0 unspecified atom stereocenters. The Bertz CT molecular complexity index is 1010. The van der Waals surface area contributed by atoms with E-state index in [1.165, 1.54) is 17.4 Å². The van der Waals surface area contributed by atoms with E-state index in [1.54, 1.807) is 27.3 Å². The van der Waals surface area contributed by atoms with Gasteiger partial charge in [0.25, 0.3) is 11.8 Å². The van der Waals surface area contributed by atoms with Crippen molar-refractivity contribution in [3.05, 3.63) is 64.0 Å². The van der Waals surface area contributed by atoms with Crippen molar-refractivity contribution in [3.63, 3.8) is 0 Å². The van der Waals surface area contributed by atoms with Crippen molar-refractivity contribution >= 4 is 34.5 Å². The zero-order valence-electron chi connectivity index (χ0n) is 14.6. The molecule has 28 heavy (non-hydrogen) atoms. The summed E-state index contributed by atoms with van der Waals surface area (Å²) in [6.45, 7) is 1.42. The molecule has 1 aliphatic heterocycles. The predicted octanol–water partition coefficient (Wildman–Crippen LogP) is 3.75. The minimum absolute atomic E-state index is 0.0988. The van der Waals surface area contributed by atoms with Crippen molar-refractivity contribution in [1.29, 1.82) is 0 Å². The molecule has 4 rings (SSSR count). The van der Waals surface area contributed by atoms with Gasteiger partial charge in [0.15, 0.2) is 11.6 Å². The Labute approximate surface area is 167 Å². The third-order valence-electron chi connectivity index (χ3n) is 4.47. The van der Waals surface area contributed by atoms with Gasteiger partial charge in [-0.2, -0.15) is 0 Å². The van der Waals surface area contributed by atoms with Crippen molar-refractivity contribution in [1.82, 2.24) is 14.8 Å². The lowest BCUT2D eigenvalue weighted by atomic mass is 10.1. The summed E-state index contributed by atoms with van der Waals surface area (Å²) >= 11 is 2.92. The number of halogens is 2. The van der Waals surface area contributed by atoms with Crippen LogP contribution in [0.25, 0.3) is 9.88 Å². The van der Waals surface area contributed by atoms with Crippen LogP contribution < -0.4 is 0 Å². The predicted molar refractivity (Wildman–Crippen MR) is 104 cm³/mol.